The first-order valence-corrected chi connectivity index (χ1v) is 6.89. The van der Waals surface area contributed by atoms with E-state index in [4.69, 9.17) is 0 Å². The fourth-order valence-corrected chi connectivity index (χ4v) is 2.84. The molecule has 1 nitrogen and oxygen atoms in total. The van der Waals surface area contributed by atoms with Crippen molar-refractivity contribution in [3.8, 4) is 0 Å². The smallest absolute Gasteiger partial charge is 0.105 e. The molecule has 0 amide bonds. The van der Waals surface area contributed by atoms with E-state index < -0.39 is 6.10 Å². The van der Waals surface area contributed by atoms with E-state index in [0.717, 1.165) is 21.3 Å². The predicted molar refractivity (Wildman–Crippen MR) is 71.9 cm³/mol. The van der Waals surface area contributed by atoms with Crippen molar-refractivity contribution in [1.82, 2.24) is 0 Å². The van der Waals surface area contributed by atoms with E-state index in [2.05, 4.69) is 35.0 Å². The van der Waals surface area contributed by atoms with Gasteiger partial charge < -0.3 is 5.11 Å². The van der Waals surface area contributed by atoms with Crippen LogP contribution in [0.15, 0.2) is 39.5 Å². The summed E-state index contributed by atoms with van der Waals surface area (Å²) >= 11 is 5.00. The molecule has 0 bridgehead atoms. The standard InChI is InChI=1S/C13H13BrOS/c1-2-9-4-3-5-10(6-9)13(15)11-7-12(14)16-8-11/h3-8,13,15H,2H2,1H3. The normalized spacial score (nSPS) is 12.7. The fourth-order valence-electron chi connectivity index (χ4n) is 1.64. The number of hydrogen-bond donors (Lipinski definition) is 1. The summed E-state index contributed by atoms with van der Waals surface area (Å²) < 4.78 is 1.05. The van der Waals surface area contributed by atoms with Crippen molar-refractivity contribution in [2.75, 3.05) is 0 Å². The monoisotopic (exact) mass is 296 g/mol. The third-order valence-electron chi connectivity index (χ3n) is 2.58. The summed E-state index contributed by atoms with van der Waals surface area (Å²) in [6.45, 7) is 2.12. The maximum atomic E-state index is 10.2. The molecule has 0 aliphatic rings. The number of halogens is 1. The lowest BCUT2D eigenvalue weighted by Gasteiger charge is -2.10. The molecule has 0 aliphatic carbocycles. The summed E-state index contributed by atoms with van der Waals surface area (Å²) in [5.41, 5.74) is 3.17. The Morgan fingerprint density at radius 1 is 1.31 bits per heavy atom. The zero-order valence-corrected chi connectivity index (χ0v) is 11.4. The molecule has 1 N–H and O–H groups in total. The Bertz CT molecular complexity index is 478. The van der Waals surface area contributed by atoms with Crippen molar-refractivity contribution in [1.29, 1.82) is 0 Å². The maximum absolute atomic E-state index is 10.2. The lowest BCUT2D eigenvalue weighted by Crippen LogP contribution is -1.98. The van der Waals surface area contributed by atoms with Gasteiger partial charge in [0.1, 0.15) is 6.10 Å². The third kappa shape index (κ3) is 2.54. The van der Waals surface area contributed by atoms with Crippen LogP contribution in [0.1, 0.15) is 29.7 Å². The van der Waals surface area contributed by atoms with E-state index in [9.17, 15) is 5.11 Å². The van der Waals surface area contributed by atoms with Crippen molar-refractivity contribution in [2.45, 2.75) is 19.4 Å². The van der Waals surface area contributed by atoms with E-state index >= 15 is 0 Å². The highest BCUT2D eigenvalue weighted by molar-refractivity contribution is 9.11. The Morgan fingerprint density at radius 2 is 2.12 bits per heavy atom. The van der Waals surface area contributed by atoms with Crippen molar-refractivity contribution in [2.24, 2.45) is 0 Å². The molecule has 0 radical (unpaired) electrons. The van der Waals surface area contributed by atoms with Gasteiger partial charge in [0.25, 0.3) is 0 Å². The van der Waals surface area contributed by atoms with Gasteiger partial charge in [-0.05, 0) is 50.5 Å². The second kappa shape index (κ2) is 5.13. The minimum atomic E-state index is -0.519. The minimum Gasteiger partial charge on any atom is -0.384 e. The van der Waals surface area contributed by atoms with Crippen LogP contribution in [0.25, 0.3) is 0 Å². The molecular weight excluding hydrogens is 284 g/mol. The molecule has 1 heterocycles. The predicted octanol–water partition coefficient (Wildman–Crippen LogP) is 4.15. The molecule has 2 rings (SSSR count). The third-order valence-corrected chi connectivity index (χ3v) is 4.10. The highest BCUT2D eigenvalue weighted by Gasteiger charge is 2.12. The van der Waals surface area contributed by atoms with Gasteiger partial charge in [0.2, 0.25) is 0 Å². The van der Waals surface area contributed by atoms with Gasteiger partial charge >= 0.3 is 0 Å². The summed E-state index contributed by atoms with van der Waals surface area (Å²) in [6.07, 6.45) is 0.475. The molecule has 0 saturated heterocycles. The fraction of sp³-hybridized carbons (Fsp3) is 0.231. The molecule has 1 unspecified atom stereocenters. The van der Waals surface area contributed by atoms with Crippen molar-refractivity contribution in [3.05, 3.63) is 56.2 Å². The van der Waals surface area contributed by atoms with E-state index in [1.807, 2.05) is 23.6 Å². The lowest BCUT2D eigenvalue weighted by atomic mass is 10.0. The number of benzene rings is 1. The maximum Gasteiger partial charge on any atom is 0.105 e. The van der Waals surface area contributed by atoms with Gasteiger partial charge in [-0.15, -0.1) is 11.3 Å². The molecule has 1 aromatic carbocycles. The number of hydrogen-bond acceptors (Lipinski definition) is 2. The molecule has 2 aromatic rings. The number of thiophene rings is 1. The van der Waals surface area contributed by atoms with E-state index in [0.29, 0.717) is 0 Å². The summed E-state index contributed by atoms with van der Waals surface area (Å²) in [4.78, 5) is 0. The summed E-state index contributed by atoms with van der Waals surface area (Å²) in [5, 5.41) is 12.2. The van der Waals surface area contributed by atoms with Gasteiger partial charge in [0.05, 0.1) is 3.79 Å². The van der Waals surface area contributed by atoms with Crippen LogP contribution in [0.4, 0.5) is 0 Å². The van der Waals surface area contributed by atoms with Gasteiger partial charge in [-0.3, -0.25) is 0 Å². The second-order valence-corrected chi connectivity index (χ2v) is 5.98. The van der Waals surface area contributed by atoms with Crippen LogP contribution < -0.4 is 0 Å². The largest absolute Gasteiger partial charge is 0.384 e. The molecule has 0 fully saturated rings. The Hall–Kier alpha value is -0.640. The van der Waals surface area contributed by atoms with Crippen LogP contribution in [-0.4, -0.2) is 5.11 Å². The average molecular weight is 297 g/mol. The van der Waals surface area contributed by atoms with Crippen LogP contribution in [-0.2, 0) is 6.42 Å². The molecular formula is C13H13BrOS. The minimum absolute atomic E-state index is 0.519. The summed E-state index contributed by atoms with van der Waals surface area (Å²) in [7, 11) is 0. The molecule has 1 aromatic heterocycles. The highest BCUT2D eigenvalue weighted by Crippen LogP contribution is 2.29. The molecule has 3 heteroatoms. The first-order chi connectivity index (χ1) is 7.70. The van der Waals surface area contributed by atoms with Gasteiger partial charge in [-0.2, -0.15) is 0 Å². The first kappa shape index (κ1) is 11.8. The van der Waals surface area contributed by atoms with Crippen LogP contribution in [0.5, 0.6) is 0 Å². The zero-order chi connectivity index (χ0) is 11.5. The van der Waals surface area contributed by atoms with Crippen molar-refractivity contribution in [3.63, 3.8) is 0 Å². The molecule has 16 heavy (non-hydrogen) atoms. The second-order valence-electron chi connectivity index (χ2n) is 3.69. The van der Waals surface area contributed by atoms with Crippen LogP contribution in [0.3, 0.4) is 0 Å². The average Bonchev–Trinajstić information content (AvgIpc) is 2.75. The number of rotatable bonds is 3. The van der Waals surface area contributed by atoms with E-state index in [1.165, 1.54) is 5.56 Å². The van der Waals surface area contributed by atoms with Gasteiger partial charge in [0.15, 0.2) is 0 Å². The highest BCUT2D eigenvalue weighted by atomic mass is 79.9. The van der Waals surface area contributed by atoms with Gasteiger partial charge in [-0.1, -0.05) is 31.2 Å². The van der Waals surface area contributed by atoms with E-state index in [-0.39, 0.29) is 0 Å². The molecule has 84 valence electrons. The quantitative estimate of drug-likeness (QED) is 0.902. The van der Waals surface area contributed by atoms with Crippen LogP contribution in [0, 0.1) is 0 Å². The number of aliphatic hydroxyl groups excluding tert-OH is 1. The Balaban J connectivity index is 2.29. The Labute approximate surface area is 108 Å². The van der Waals surface area contributed by atoms with Crippen LogP contribution >= 0.6 is 27.3 Å². The summed E-state index contributed by atoms with van der Waals surface area (Å²) in [5.74, 6) is 0. The zero-order valence-electron chi connectivity index (χ0n) is 8.98. The molecule has 0 saturated carbocycles. The topological polar surface area (TPSA) is 20.2 Å². The van der Waals surface area contributed by atoms with E-state index in [1.54, 1.807) is 11.3 Å². The molecule has 1 atom stereocenters. The molecule has 0 aliphatic heterocycles. The number of aliphatic hydroxyl groups is 1. The van der Waals surface area contributed by atoms with Crippen molar-refractivity contribution < 1.29 is 5.11 Å². The summed E-state index contributed by atoms with van der Waals surface area (Å²) in [6, 6.07) is 10.1. The SMILES string of the molecule is CCc1cccc(C(O)c2csc(Br)c2)c1. The first-order valence-electron chi connectivity index (χ1n) is 5.21. The van der Waals surface area contributed by atoms with Gasteiger partial charge in [0, 0.05) is 0 Å². The number of aryl methyl sites for hydroxylation is 1. The Kier molecular flexibility index (Phi) is 3.79. The van der Waals surface area contributed by atoms with Gasteiger partial charge in [-0.25, -0.2) is 0 Å². The lowest BCUT2D eigenvalue weighted by molar-refractivity contribution is 0.220. The van der Waals surface area contributed by atoms with Crippen LogP contribution in [0.2, 0.25) is 0 Å². The molecule has 0 spiro atoms. The van der Waals surface area contributed by atoms with Crippen molar-refractivity contribution >= 4 is 27.3 Å². The Morgan fingerprint density at radius 3 is 2.75 bits per heavy atom.